The number of carbonyl (C=O) groups is 4. The molecule has 42 heavy (non-hydrogen) atoms. The Morgan fingerprint density at radius 2 is 1.98 bits per heavy atom. The van der Waals surface area contributed by atoms with Crippen LogP contribution in [0.1, 0.15) is 27.7 Å². The van der Waals surface area contributed by atoms with E-state index < -0.39 is 46.6 Å². The number of hydrogen-bond acceptors (Lipinski definition) is 11. The van der Waals surface area contributed by atoms with E-state index in [1.807, 2.05) is 0 Å². The highest BCUT2D eigenvalue weighted by molar-refractivity contribution is 8.01. The molecule has 1 saturated heterocycles. The number of aryl methyl sites for hydroxylation is 2. The fourth-order valence-corrected chi connectivity index (χ4v) is 6.79. The van der Waals surface area contributed by atoms with Gasteiger partial charge in [-0.2, -0.15) is 0 Å². The van der Waals surface area contributed by atoms with Crippen molar-refractivity contribution >= 4 is 47.2 Å². The van der Waals surface area contributed by atoms with Crippen LogP contribution in [0.25, 0.3) is 0 Å². The number of tetrazole rings is 1. The molecule has 0 bridgehead atoms. The second kappa shape index (κ2) is 11.7. The molecule has 2 aromatic heterocycles. The Kier molecular flexibility index (Phi) is 8.04. The van der Waals surface area contributed by atoms with Gasteiger partial charge < -0.3 is 25.8 Å². The maximum absolute atomic E-state index is 13.5. The summed E-state index contributed by atoms with van der Waals surface area (Å²) in [4.78, 5) is 68.1. The van der Waals surface area contributed by atoms with Crippen molar-refractivity contribution in [2.75, 3.05) is 11.5 Å². The number of rotatable bonds is 9. The second-order valence-electron chi connectivity index (χ2n) is 9.42. The summed E-state index contributed by atoms with van der Waals surface area (Å²) in [6.07, 6.45) is 1.24. The molecule has 3 amide bonds. The largest absolute Gasteiger partial charge is 0.508 e. The summed E-state index contributed by atoms with van der Waals surface area (Å²) in [5, 5.41) is 35.8. The van der Waals surface area contributed by atoms with Crippen LogP contribution in [0.15, 0.2) is 57.7 Å². The van der Waals surface area contributed by atoms with Gasteiger partial charge in [-0.1, -0.05) is 23.9 Å². The second-order valence-corrected chi connectivity index (χ2v) is 11.5. The minimum atomic E-state index is -1.34. The van der Waals surface area contributed by atoms with Crippen molar-refractivity contribution in [1.82, 2.24) is 40.7 Å². The first-order valence-corrected chi connectivity index (χ1v) is 14.4. The zero-order valence-corrected chi connectivity index (χ0v) is 23.7. The number of aliphatic carboxylic acids is 1. The van der Waals surface area contributed by atoms with Crippen LogP contribution < -0.4 is 16.1 Å². The lowest BCUT2D eigenvalue weighted by Crippen LogP contribution is -2.71. The van der Waals surface area contributed by atoms with Gasteiger partial charge in [0.15, 0.2) is 5.43 Å². The number of aromatic nitrogens is 5. The summed E-state index contributed by atoms with van der Waals surface area (Å²) >= 11 is 2.52. The van der Waals surface area contributed by atoms with Gasteiger partial charge in [-0.05, 0) is 40.6 Å². The average Bonchev–Trinajstić information content (AvgIpc) is 3.37. The third kappa shape index (κ3) is 5.60. The highest BCUT2D eigenvalue weighted by Gasteiger charge is 2.54. The molecule has 0 spiro atoms. The van der Waals surface area contributed by atoms with Gasteiger partial charge in [0.2, 0.25) is 11.1 Å². The molecule has 17 heteroatoms. The van der Waals surface area contributed by atoms with Gasteiger partial charge >= 0.3 is 5.97 Å². The maximum atomic E-state index is 13.5. The predicted octanol–water partition coefficient (Wildman–Crippen LogP) is -0.0856. The number of nitrogens with one attached hydrogen (secondary N) is 3. The zero-order chi connectivity index (χ0) is 30.1. The van der Waals surface area contributed by atoms with Crippen LogP contribution in [0, 0.1) is 6.92 Å². The number of aromatic hydroxyl groups is 1. The molecule has 3 atom stereocenters. The van der Waals surface area contributed by atoms with E-state index in [1.54, 1.807) is 14.0 Å². The van der Waals surface area contributed by atoms with E-state index in [0.29, 0.717) is 16.4 Å². The number of phenolic OH excluding ortho intramolecular Hbond substituents is 1. The number of β-lactam (4-membered cyclic amide) rings is 1. The van der Waals surface area contributed by atoms with Gasteiger partial charge in [0.1, 0.15) is 34.5 Å². The molecule has 1 aromatic carbocycles. The molecule has 0 aliphatic carbocycles. The first-order valence-electron chi connectivity index (χ1n) is 12.4. The quantitative estimate of drug-likeness (QED) is 0.159. The number of phenols is 1. The highest BCUT2D eigenvalue weighted by Crippen LogP contribution is 2.41. The third-order valence-electron chi connectivity index (χ3n) is 6.57. The topological polar surface area (TPSA) is 212 Å². The zero-order valence-electron chi connectivity index (χ0n) is 22.1. The number of aromatic amines is 1. The standard InChI is InChI=1S/C25H24N8O7S2/c1-11-7-16(35)15(8-26-11)20(36)27-17(12-3-5-14(34)6-4-12)21(37)28-18-22(38)33-19(24(39)40)13(9-41-23(18)33)10-42-25-29-30-31-32(25)2/h3-8,17-18,23,34H,9-10H2,1-2H3,(H,26,35)(H,27,36)(H,28,37)(H,39,40)/t17-,18+,23+/m0/s1. The summed E-state index contributed by atoms with van der Waals surface area (Å²) in [6, 6.07) is 4.35. The van der Waals surface area contributed by atoms with Gasteiger partial charge in [-0.15, -0.1) is 16.9 Å². The van der Waals surface area contributed by atoms with Crippen LogP contribution in [0.3, 0.4) is 0 Å². The van der Waals surface area contributed by atoms with E-state index in [2.05, 4.69) is 31.1 Å². The van der Waals surface area contributed by atoms with Crippen LogP contribution in [0.5, 0.6) is 5.75 Å². The number of carbonyl (C=O) groups excluding carboxylic acids is 3. The Hall–Kier alpha value is -4.64. The first-order chi connectivity index (χ1) is 20.0. The number of hydrogen-bond donors (Lipinski definition) is 5. The Morgan fingerprint density at radius 1 is 1.24 bits per heavy atom. The lowest BCUT2D eigenvalue weighted by Gasteiger charge is -2.49. The van der Waals surface area contributed by atoms with Gasteiger partial charge in [0.25, 0.3) is 11.8 Å². The van der Waals surface area contributed by atoms with E-state index in [4.69, 9.17) is 0 Å². The van der Waals surface area contributed by atoms with Gasteiger partial charge in [0.05, 0.1) is 0 Å². The SMILES string of the molecule is Cc1cc(=O)c(C(=O)N[C@H](C(=O)N[C@@H]2C(=O)N3C(C(=O)O)=C(CSc4nnnn4C)CS[C@H]23)c2ccc(O)cc2)c[nH]1. The smallest absolute Gasteiger partial charge is 0.352 e. The molecule has 2 aliphatic heterocycles. The fourth-order valence-electron chi connectivity index (χ4n) is 4.45. The number of benzene rings is 1. The molecule has 0 radical (unpaired) electrons. The van der Waals surface area contributed by atoms with E-state index in [-0.39, 0.29) is 34.1 Å². The number of carboxylic acid groups (broad SMARTS) is 1. The van der Waals surface area contributed by atoms with Crippen molar-refractivity contribution in [1.29, 1.82) is 0 Å². The predicted molar refractivity (Wildman–Crippen MR) is 149 cm³/mol. The van der Waals surface area contributed by atoms with Crippen LogP contribution >= 0.6 is 23.5 Å². The lowest BCUT2D eigenvalue weighted by atomic mass is 10.0. The summed E-state index contributed by atoms with van der Waals surface area (Å²) in [5.74, 6) is -3.02. The molecule has 1 fully saturated rings. The number of H-pyrrole nitrogens is 1. The number of thioether (sulfide) groups is 2. The van der Waals surface area contributed by atoms with E-state index in [0.717, 1.165) is 4.90 Å². The van der Waals surface area contributed by atoms with E-state index in [1.165, 1.54) is 64.7 Å². The molecule has 15 nitrogen and oxygen atoms in total. The Balaban J connectivity index is 1.34. The molecular formula is C25H24N8O7S2. The molecule has 4 heterocycles. The summed E-state index contributed by atoms with van der Waals surface area (Å²) in [6.45, 7) is 1.65. The molecule has 218 valence electrons. The van der Waals surface area contributed by atoms with E-state index >= 15 is 0 Å². The van der Waals surface area contributed by atoms with Crippen molar-refractivity contribution in [3.05, 3.63) is 74.8 Å². The third-order valence-corrected chi connectivity index (χ3v) is 9.01. The van der Waals surface area contributed by atoms with Gasteiger partial charge in [0, 0.05) is 36.5 Å². The minimum Gasteiger partial charge on any atom is -0.508 e. The fraction of sp³-hybridized carbons (Fsp3) is 0.280. The van der Waals surface area contributed by atoms with Crippen LogP contribution in [-0.2, 0) is 21.4 Å². The van der Waals surface area contributed by atoms with Crippen molar-refractivity contribution in [2.24, 2.45) is 7.05 Å². The first kappa shape index (κ1) is 28.9. The number of fused-ring (bicyclic) bond motifs is 1. The van der Waals surface area contributed by atoms with Crippen LogP contribution in [-0.4, -0.2) is 86.9 Å². The maximum Gasteiger partial charge on any atom is 0.352 e. The van der Waals surface area contributed by atoms with Gasteiger partial charge in [-0.25, -0.2) is 9.48 Å². The number of pyridine rings is 1. The molecular weight excluding hydrogens is 588 g/mol. The molecule has 3 aromatic rings. The lowest BCUT2D eigenvalue weighted by molar-refractivity contribution is -0.151. The van der Waals surface area contributed by atoms with Crippen LogP contribution in [0.2, 0.25) is 0 Å². The molecule has 5 N–H and O–H groups in total. The summed E-state index contributed by atoms with van der Waals surface area (Å²) < 4.78 is 1.45. The summed E-state index contributed by atoms with van der Waals surface area (Å²) in [5.41, 5.74) is 0.417. The molecule has 5 rings (SSSR count). The summed E-state index contributed by atoms with van der Waals surface area (Å²) in [7, 11) is 1.65. The number of amides is 3. The van der Waals surface area contributed by atoms with Crippen molar-refractivity contribution in [3.8, 4) is 5.75 Å². The Morgan fingerprint density at radius 3 is 2.62 bits per heavy atom. The average molecular weight is 613 g/mol. The molecule has 2 aliphatic rings. The van der Waals surface area contributed by atoms with Crippen LogP contribution in [0.4, 0.5) is 0 Å². The van der Waals surface area contributed by atoms with Crippen molar-refractivity contribution in [2.45, 2.75) is 29.5 Å². The number of carboxylic acids is 1. The van der Waals surface area contributed by atoms with Crippen molar-refractivity contribution < 1.29 is 29.4 Å². The normalized spacial score (nSPS) is 18.6. The highest BCUT2D eigenvalue weighted by atomic mass is 32.2. The Bertz CT molecular complexity index is 1670. The number of nitrogens with zero attached hydrogens (tertiary/aromatic N) is 5. The van der Waals surface area contributed by atoms with Crippen molar-refractivity contribution in [3.63, 3.8) is 0 Å². The molecule has 0 unspecified atom stereocenters. The molecule has 0 saturated carbocycles. The Labute approximate surface area is 245 Å². The van der Waals surface area contributed by atoms with Gasteiger partial charge in [-0.3, -0.25) is 24.1 Å². The minimum absolute atomic E-state index is 0.0694. The van der Waals surface area contributed by atoms with E-state index in [9.17, 15) is 34.2 Å². The monoisotopic (exact) mass is 612 g/mol.